The maximum atomic E-state index is 8.96. The monoisotopic (exact) mass is 194 g/mol. The number of nitrogen functional groups attached to an aromatic ring is 1. The standard InChI is InChI=1S/C9H14N4O/c10-9-11-7(6-14)5-8(12-9)13-3-1-2-4-13/h5,14H,1-4,6H2,(H2,10,11,12). The molecule has 2 rings (SSSR count). The van der Waals surface area contributed by atoms with E-state index in [0.29, 0.717) is 5.69 Å². The molecule has 1 aliphatic heterocycles. The van der Waals surface area contributed by atoms with Crippen LogP contribution < -0.4 is 10.6 Å². The molecule has 76 valence electrons. The number of rotatable bonds is 2. The quantitative estimate of drug-likeness (QED) is 0.701. The highest BCUT2D eigenvalue weighted by atomic mass is 16.3. The van der Waals surface area contributed by atoms with E-state index < -0.39 is 0 Å². The van der Waals surface area contributed by atoms with Gasteiger partial charge in [-0.2, -0.15) is 4.98 Å². The molecule has 0 aromatic carbocycles. The largest absolute Gasteiger partial charge is 0.390 e. The fourth-order valence-corrected chi connectivity index (χ4v) is 1.69. The SMILES string of the molecule is Nc1nc(CO)cc(N2CCCC2)n1. The van der Waals surface area contributed by atoms with Gasteiger partial charge in [0.25, 0.3) is 0 Å². The van der Waals surface area contributed by atoms with E-state index in [1.165, 1.54) is 12.8 Å². The number of nitrogens with two attached hydrogens (primary N) is 1. The van der Waals surface area contributed by atoms with Crippen LogP contribution in [-0.4, -0.2) is 28.2 Å². The van der Waals surface area contributed by atoms with Crippen molar-refractivity contribution in [2.45, 2.75) is 19.4 Å². The summed E-state index contributed by atoms with van der Waals surface area (Å²) >= 11 is 0. The van der Waals surface area contributed by atoms with Gasteiger partial charge in [0.05, 0.1) is 12.3 Å². The Morgan fingerprint density at radius 2 is 2.07 bits per heavy atom. The molecule has 1 aromatic rings. The fraction of sp³-hybridized carbons (Fsp3) is 0.556. The van der Waals surface area contributed by atoms with Crippen molar-refractivity contribution in [3.05, 3.63) is 11.8 Å². The summed E-state index contributed by atoms with van der Waals surface area (Å²) in [4.78, 5) is 10.2. The van der Waals surface area contributed by atoms with E-state index in [-0.39, 0.29) is 12.6 Å². The van der Waals surface area contributed by atoms with E-state index >= 15 is 0 Å². The lowest BCUT2D eigenvalue weighted by atomic mass is 10.4. The number of anilines is 2. The summed E-state index contributed by atoms with van der Waals surface area (Å²) in [5.74, 6) is 1.07. The van der Waals surface area contributed by atoms with Crippen molar-refractivity contribution >= 4 is 11.8 Å². The zero-order chi connectivity index (χ0) is 9.97. The first-order chi connectivity index (χ1) is 6.79. The third-order valence-electron chi connectivity index (χ3n) is 2.38. The van der Waals surface area contributed by atoms with E-state index in [1.807, 2.05) is 0 Å². The summed E-state index contributed by atoms with van der Waals surface area (Å²) in [6, 6.07) is 1.79. The Morgan fingerprint density at radius 1 is 1.36 bits per heavy atom. The van der Waals surface area contributed by atoms with Gasteiger partial charge in [-0.15, -0.1) is 0 Å². The fourth-order valence-electron chi connectivity index (χ4n) is 1.69. The summed E-state index contributed by atoms with van der Waals surface area (Å²) in [6.45, 7) is 1.94. The molecule has 0 radical (unpaired) electrons. The minimum atomic E-state index is -0.0897. The summed E-state index contributed by atoms with van der Waals surface area (Å²) in [7, 11) is 0. The van der Waals surface area contributed by atoms with E-state index in [4.69, 9.17) is 10.8 Å². The summed E-state index contributed by atoms with van der Waals surface area (Å²) in [5.41, 5.74) is 6.13. The number of nitrogens with zero attached hydrogens (tertiary/aromatic N) is 3. The lowest BCUT2D eigenvalue weighted by molar-refractivity contribution is 0.277. The molecule has 1 aliphatic rings. The first-order valence-corrected chi connectivity index (χ1v) is 4.79. The molecule has 14 heavy (non-hydrogen) atoms. The van der Waals surface area contributed by atoms with Crippen molar-refractivity contribution in [3.63, 3.8) is 0 Å². The first-order valence-electron chi connectivity index (χ1n) is 4.79. The van der Waals surface area contributed by atoms with Crippen LogP contribution in [0.1, 0.15) is 18.5 Å². The van der Waals surface area contributed by atoms with Crippen LogP contribution in [0.4, 0.5) is 11.8 Å². The van der Waals surface area contributed by atoms with Crippen molar-refractivity contribution in [2.24, 2.45) is 0 Å². The molecule has 3 N–H and O–H groups in total. The van der Waals surface area contributed by atoms with Crippen molar-refractivity contribution in [1.82, 2.24) is 9.97 Å². The zero-order valence-corrected chi connectivity index (χ0v) is 7.98. The van der Waals surface area contributed by atoms with E-state index in [2.05, 4.69) is 14.9 Å². The maximum absolute atomic E-state index is 8.96. The van der Waals surface area contributed by atoms with Crippen LogP contribution in [0.25, 0.3) is 0 Å². The topological polar surface area (TPSA) is 75.3 Å². The second-order valence-electron chi connectivity index (χ2n) is 3.43. The Bertz CT molecular complexity index is 323. The Balaban J connectivity index is 2.27. The normalized spacial score (nSPS) is 16.2. The van der Waals surface area contributed by atoms with Crippen LogP contribution in [0.3, 0.4) is 0 Å². The molecule has 0 spiro atoms. The second-order valence-corrected chi connectivity index (χ2v) is 3.43. The predicted molar refractivity (Wildman–Crippen MR) is 53.8 cm³/mol. The highest BCUT2D eigenvalue weighted by Crippen LogP contribution is 2.19. The van der Waals surface area contributed by atoms with Gasteiger partial charge in [-0.05, 0) is 12.8 Å². The first kappa shape index (κ1) is 9.21. The van der Waals surface area contributed by atoms with Crippen LogP contribution in [0, 0.1) is 0 Å². The van der Waals surface area contributed by atoms with Crippen molar-refractivity contribution in [2.75, 3.05) is 23.7 Å². The smallest absolute Gasteiger partial charge is 0.222 e. The third kappa shape index (κ3) is 1.77. The van der Waals surface area contributed by atoms with Crippen LogP contribution in [-0.2, 0) is 6.61 Å². The Hall–Kier alpha value is -1.36. The Morgan fingerprint density at radius 3 is 2.71 bits per heavy atom. The molecule has 5 heteroatoms. The molecule has 2 heterocycles. The Labute approximate surface area is 82.6 Å². The van der Waals surface area contributed by atoms with Gasteiger partial charge in [0.2, 0.25) is 5.95 Å². The highest BCUT2D eigenvalue weighted by Gasteiger charge is 2.14. The summed E-state index contributed by atoms with van der Waals surface area (Å²) in [6.07, 6.45) is 2.39. The molecule has 0 bridgehead atoms. The van der Waals surface area contributed by atoms with Gasteiger partial charge in [0, 0.05) is 19.2 Å². The number of aliphatic hydroxyl groups is 1. The molecule has 1 aromatic heterocycles. The van der Waals surface area contributed by atoms with Crippen LogP contribution in [0.15, 0.2) is 6.07 Å². The van der Waals surface area contributed by atoms with Gasteiger partial charge >= 0.3 is 0 Å². The van der Waals surface area contributed by atoms with Gasteiger partial charge in [-0.3, -0.25) is 0 Å². The van der Waals surface area contributed by atoms with Crippen molar-refractivity contribution < 1.29 is 5.11 Å². The van der Waals surface area contributed by atoms with Gasteiger partial charge in [0.1, 0.15) is 5.82 Å². The molecule has 1 saturated heterocycles. The number of hydrogen-bond donors (Lipinski definition) is 2. The molecule has 0 atom stereocenters. The average molecular weight is 194 g/mol. The van der Waals surface area contributed by atoms with E-state index in [9.17, 15) is 0 Å². The average Bonchev–Trinajstić information content (AvgIpc) is 2.69. The number of aromatic nitrogens is 2. The lowest BCUT2D eigenvalue weighted by Crippen LogP contribution is -2.20. The zero-order valence-electron chi connectivity index (χ0n) is 7.98. The number of hydrogen-bond acceptors (Lipinski definition) is 5. The molecule has 5 nitrogen and oxygen atoms in total. The van der Waals surface area contributed by atoms with Gasteiger partial charge in [0.15, 0.2) is 0 Å². The van der Waals surface area contributed by atoms with Crippen LogP contribution in [0.2, 0.25) is 0 Å². The van der Waals surface area contributed by atoms with E-state index in [0.717, 1.165) is 18.9 Å². The molecular weight excluding hydrogens is 180 g/mol. The van der Waals surface area contributed by atoms with Crippen LogP contribution in [0.5, 0.6) is 0 Å². The number of aliphatic hydroxyl groups excluding tert-OH is 1. The minimum absolute atomic E-state index is 0.0897. The third-order valence-corrected chi connectivity index (χ3v) is 2.38. The molecule has 0 aliphatic carbocycles. The second kappa shape index (κ2) is 3.79. The predicted octanol–water partition coefficient (Wildman–Crippen LogP) is 0.151. The molecule has 1 fully saturated rings. The molecular formula is C9H14N4O. The molecule has 0 saturated carbocycles. The molecule has 0 unspecified atom stereocenters. The maximum Gasteiger partial charge on any atom is 0.222 e. The van der Waals surface area contributed by atoms with Gasteiger partial charge in [-0.25, -0.2) is 4.98 Å². The van der Waals surface area contributed by atoms with Gasteiger partial charge < -0.3 is 15.7 Å². The van der Waals surface area contributed by atoms with Gasteiger partial charge in [-0.1, -0.05) is 0 Å². The highest BCUT2D eigenvalue weighted by molar-refractivity contribution is 5.44. The summed E-state index contributed by atoms with van der Waals surface area (Å²) in [5, 5.41) is 8.96. The van der Waals surface area contributed by atoms with Crippen molar-refractivity contribution in [3.8, 4) is 0 Å². The summed E-state index contributed by atoms with van der Waals surface area (Å²) < 4.78 is 0. The van der Waals surface area contributed by atoms with Crippen molar-refractivity contribution in [1.29, 1.82) is 0 Å². The lowest BCUT2D eigenvalue weighted by Gasteiger charge is -2.16. The Kier molecular flexibility index (Phi) is 2.49. The van der Waals surface area contributed by atoms with Crippen LogP contribution >= 0.6 is 0 Å². The van der Waals surface area contributed by atoms with E-state index in [1.54, 1.807) is 6.07 Å². The molecule has 0 amide bonds. The minimum Gasteiger partial charge on any atom is -0.390 e.